The molecular weight excluding hydrogens is 194 g/mol. The molecule has 1 heterocycles. The Hall–Kier alpha value is -1.10. The van der Waals surface area contributed by atoms with Gasteiger partial charge in [0.05, 0.1) is 0 Å². The van der Waals surface area contributed by atoms with Crippen LogP contribution in [-0.4, -0.2) is 43.4 Å². The van der Waals surface area contributed by atoms with Crippen LogP contribution in [0.2, 0.25) is 0 Å². The molecule has 0 bridgehead atoms. The Morgan fingerprint density at radius 2 is 2.00 bits per heavy atom. The standard InChI is InChI=1S/C10H19N3O2/c1-12-10(15)8-2-5-13(6-3-8)7-4-9(11)14/h8H,2-7H2,1H3,(H2,11,14)(H,12,15). The van der Waals surface area contributed by atoms with E-state index in [1.807, 2.05) is 0 Å². The molecule has 0 aromatic rings. The van der Waals surface area contributed by atoms with Crippen molar-refractivity contribution in [1.29, 1.82) is 0 Å². The number of nitrogens with two attached hydrogens (primary N) is 1. The molecule has 2 amide bonds. The van der Waals surface area contributed by atoms with E-state index in [9.17, 15) is 9.59 Å². The Morgan fingerprint density at radius 3 is 2.47 bits per heavy atom. The largest absolute Gasteiger partial charge is 0.370 e. The zero-order valence-corrected chi connectivity index (χ0v) is 9.16. The van der Waals surface area contributed by atoms with E-state index in [0.29, 0.717) is 6.42 Å². The van der Waals surface area contributed by atoms with Gasteiger partial charge in [0.2, 0.25) is 11.8 Å². The summed E-state index contributed by atoms with van der Waals surface area (Å²) in [5.74, 6) is 0.00723. The van der Waals surface area contributed by atoms with Crippen molar-refractivity contribution in [2.24, 2.45) is 11.7 Å². The van der Waals surface area contributed by atoms with E-state index in [1.165, 1.54) is 0 Å². The summed E-state index contributed by atoms with van der Waals surface area (Å²) in [6, 6.07) is 0. The Morgan fingerprint density at radius 1 is 1.40 bits per heavy atom. The summed E-state index contributed by atoms with van der Waals surface area (Å²) in [5, 5.41) is 2.67. The number of primary amides is 1. The first kappa shape index (κ1) is 12.0. The summed E-state index contributed by atoms with van der Waals surface area (Å²) >= 11 is 0. The quantitative estimate of drug-likeness (QED) is 0.649. The maximum Gasteiger partial charge on any atom is 0.222 e. The van der Waals surface area contributed by atoms with E-state index in [-0.39, 0.29) is 17.7 Å². The Kier molecular flexibility index (Phi) is 4.55. The summed E-state index contributed by atoms with van der Waals surface area (Å²) in [7, 11) is 1.67. The van der Waals surface area contributed by atoms with Crippen molar-refractivity contribution in [2.75, 3.05) is 26.7 Å². The molecule has 0 spiro atoms. The van der Waals surface area contributed by atoms with Gasteiger partial charge in [0.15, 0.2) is 0 Å². The third kappa shape index (κ3) is 3.87. The second-order valence-corrected chi connectivity index (χ2v) is 3.95. The Labute approximate surface area is 90.0 Å². The van der Waals surface area contributed by atoms with E-state index < -0.39 is 0 Å². The molecule has 0 atom stereocenters. The van der Waals surface area contributed by atoms with Gasteiger partial charge in [0, 0.05) is 25.9 Å². The minimum absolute atomic E-state index is 0.129. The lowest BCUT2D eigenvalue weighted by molar-refractivity contribution is -0.126. The number of hydrogen-bond acceptors (Lipinski definition) is 3. The predicted octanol–water partition coefficient (Wildman–Crippen LogP) is -0.680. The van der Waals surface area contributed by atoms with Crippen molar-refractivity contribution in [3.63, 3.8) is 0 Å². The number of carbonyl (C=O) groups is 2. The van der Waals surface area contributed by atoms with E-state index in [2.05, 4.69) is 10.2 Å². The number of rotatable bonds is 4. The van der Waals surface area contributed by atoms with Crippen LogP contribution in [0, 0.1) is 5.92 Å². The fraction of sp³-hybridized carbons (Fsp3) is 0.800. The van der Waals surface area contributed by atoms with Crippen LogP contribution < -0.4 is 11.1 Å². The van der Waals surface area contributed by atoms with Gasteiger partial charge in [-0.2, -0.15) is 0 Å². The maximum absolute atomic E-state index is 11.3. The molecule has 0 saturated carbocycles. The molecule has 5 nitrogen and oxygen atoms in total. The van der Waals surface area contributed by atoms with Crippen molar-refractivity contribution < 1.29 is 9.59 Å². The van der Waals surface area contributed by atoms with Crippen molar-refractivity contribution in [3.8, 4) is 0 Å². The normalized spacial score (nSPS) is 18.7. The minimum Gasteiger partial charge on any atom is -0.370 e. The van der Waals surface area contributed by atoms with Crippen molar-refractivity contribution in [1.82, 2.24) is 10.2 Å². The zero-order chi connectivity index (χ0) is 11.3. The first-order chi connectivity index (χ1) is 7.13. The predicted molar refractivity (Wildman–Crippen MR) is 57.0 cm³/mol. The van der Waals surface area contributed by atoms with Gasteiger partial charge >= 0.3 is 0 Å². The van der Waals surface area contributed by atoms with E-state index in [1.54, 1.807) is 7.05 Å². The molecule has 1 aliphatic rings. The second kappa shape index (κ2) is 5.70. The highest BCUT2D eigenvalue weighted by molar-refractivity contribution is 5.78. The summed E-state index contributed by atoms with van der Waals surface area (Å²) in [6.45, 7) is 2.48. The van der Waals surface area contributed by atoms with Crippen LogP contribution in [0.3, 0.4) is 0 Å². The number of hydrogen-bond donors (Lipinski definition) is 2. The SMILES string of the molecule is CNC(=O)C1CCN(CCC(N)=O)CC1. The van der Waals surface area contributed by atoms with Crippen LogP contribution in [0.1, 0.15) is 19.3 Å². The average Bonchev–Trinajstić information content (AvgIpc) is 2.26. The number of likely N-dealkylation sites (tertiary alicyclic amines) is 1. The van der Waals surface area contributed by atoms with Crippen molar-refractivity contribution >= 4 is 11.8 Å². The van der Waals surface area contributed by atoms with Gasteiger partial charge in [0.25, 0.3) is 0 Å². The summed E-state index contributed by atoms with van der Waals surface area (Å²) in [6.07, 6.45) is 2.15. The number of amides is 2. The Bertz CT molecular complexity index is 235. The molecule has 15 heavy (non-hydrogen) atoms. The molecule has 86 valence electrons. The van der Waals surface area contributed by atoms with E-state index in [4.69, 9.17) is 5.73 Å². The lowest BCUT2D eigenvalue weighted by Crippen LogP contribution is -2.40. The lowest BCUT2D eigenvalue weighted by atomic mass is 9.96. The van der Waals surface area contributed by atoms with E-state index in [0.717, 1.165) is 32.5 Å². The molecule has 0 unspecified atom stereocenters. The highest BCUT2D eigenvalue weighted by Gasteiger charge is 2.23. The third-order valence-electron chi connectivity index (χ3n) is 2.88. The molecule has 0 aliphatic carbocycles. The topological polar surface area (TPSA) is 75.4 Å². The monoisotopic (exact) mass is 213 g/mol. The van der Waals surface area contributed by atoms with Crippen molar-refractivity contribution in [2.45, 2.75) is 19.3 Å². The molecule has 1 aliphatic heterocycles. The number of carbonyl (C=O) groups excluding carboxylic acids is 2. The molecule has 5 heteroatoms. The summed E-state index contributed by atoms with van der Waals surface area (Å²) in [5.41, 5.74) is 5.08. The molecule has 1 saturated heterocycles. The molecular formula is C10H19N3O2. The fourth-order valence-corrected chi connectivity index (χ4v) is 1.89. The first-order valence-corrected chi connectivity index (χ1v) is 5.35. The van der Waals surface area contributed by atoms with Gasteiger partial charge in [-0.1, -0.05) is 0 Å². The number of nitrogens with one attached hydrogen (secondary N) is 1. The zero-order valence-electron chi connectivity index (χ0n) is 9.16. The minimum atomic E-state index is -0.261. The van der Waals surface area contributed by atoms with Gasteiger partial charge in [-0.25, -0.2) is 0 Å². The molecule has 1 rings (SSSR count). The van der Waals surface area contributed by atoms with Crippen LogP contribution in [0.25, 0.3) is 0 Å². The fourth-order valence-electron chi connectivity index (χ4n) is 1.89. The van der Waals surface area contributed by atoms with Crippen LogP contribution in [0.15, 0.2) is 0 Å². The smallest absolute Gasteiger partial charge is 0.222 e. The number of piperidine rings is 1. The third-order valence-corrected chi connectivity index (χ3v) is 2.88. The van der Waals surface area contributed by atoms with Gasteiger partial charge in [-0.15, -0.1) is 0 Å². The van der Waals surface area contributed by atoms with Gasteiger partial charge in [-0.05, 0) is 25.9 Å². The molecule has 0 aromatic carbocycles. The maximum atomic E-state index is 11.3. The first-order valence-electron chi connectivity index (χ1n) is 5.35. The highest BCUT2D eigenvalue weighted by atomic mass is 16.2. The lowest BCUT2D eigenvalue weighted by Gasteiger charge is -2.30. The number of nitrogens with zero attached hydrogens (tertiary/aromatic N) is 1. The molecule has 3 N–H and O–H groups in total. The van der Waals surface area contributed by atoms with Crippen LogP contribution in [0.5, 0.6) is 0 Å². The summed E-state index contributed by atoms with van der Waals surface area (Å²) < 4.78 is 0. The Balaban J connectivity index is 2.23. The van der Waals surface area contributed by atoms with Gasteiger partial charge < -0.3 is 16.0 Å². The average molecular weight is 213 g/mol. The van der Waals surface area contributed by atoms with Crippen LogP contribution in [0.4, 0.5) is 0 Å². The van der Waals surface area contributed by atoms with Crippen molar-refractivity contribution in [3.05, 3.63) is 0 Å². The summed E-state index contributed by atoms with van der Waals surface area (Å²) in [4.78, 5) is 24.1. The highest BCUT2D eigenvalue weighted by Crippen LogP contribution is 2.16. The van der Waals surface area contributed by atoms with Crippen LogP contribution in [-0.2, 0) is 9.59 Å². The van der Waals surface area contributed by atoms with Gasteiger partial charge in [0.1, 0.15) is 0 Å². The van der Waals surface area contributed by atoms with Crippen LogP contribution >= 0.6 is 0 Å². The van der Waals surface area contributed by atoms with E-state index >= 15 is 0 Å². The molecule has 1 fully saturated rings. The van der Waals surface area contributed by atoms with Gasteiger partial charge in [-0.3, -0.25) is 9.59 Å². The molecule has 0 radical (unpaired) electrons. The molecule has 0 aromatic heterocycles. The second-order valence-electron chi connectivity index (χ2n) is 3.95.